The summed E-state index contributed by atoms with van der Waals surface area (Å²) in [5, 5.41) is 12.5. The van der Waals surface area contributed by atoms with Gasteiger partial charge in [-0.3, -0.25) is 9.59 Å². The van der Waals surface area contributed by atoms with E-state index in [1.54, 1.807) is 0 Å². The molecule has 2 N–H and O–H groups in total. The molecule has 4 aromatic rings. The van der Waals surface area contributed by atoms with Crippen molar-refractivity contribution >= 4 is 33.8 Å². The van der Waals surface area contributed by atoms with Crippen LogP contribution in [0.25, 0.3) is 16.6 Å². The van der Waals surface area contributed by atoms with Crippen LogP contribution in [0, 0.1) is 5.82 Å². The van der Waals surface area contributed by atoms with Gasteiger partial charge in [0, 0.05) is 4.88 Å². The number of hydrogen-bond acceptors (Lipinski definition) is 5. The predicted octanol–water partition coefficient (Wildman–Crippen LogP) is 2.26. The van der Waals surface area contributed by atoms with Crippen LogP contribution in [-0.2, 0) is 0 Å². The van der Waals surface area contributed by atoms with Crippen molar-refractivity contribution < 1.29 is 9.18 Å². The van der Waals surface area contributed by atoms with Gasteiger partial charge in [0.1, 0.15) is 5.82 Å². The van der Waals surface area contributed by atoms with Gasteiger partial charge in [0.25, 0.3) is 11.5 Å². The number of fused-ring (bicyclic) bond motifs is 3. The molecule has 25 heavy (non-hydrogen) atoms. The summed E-state index contributed by atoms with van der Waals surface area (Å²) in [6.07, 6.45) is 0. The molecule has 4 rings (SSSR count). The average molecular weight is 357 g/mol. The Morgan fingerprint density at radius 3 is 3.00 bits per heavy atom. The number of thiophene rings is 1. The van der Waals surface area contributed by atoms with Crippen LogP contribution in [0.5, 0.6) is 0 Å². The van der Waals surface area contributed by atoms with Crippen LogP contribution in [0.3, 0.4) is 0 Å². The summed E-state index contributed by atoms with van der Waals surface area (Å²) in [6.45, 7) is 1.85. The van der Waals surface area contributed by atoms with Gasteiger partial charge in [0.2, 0.25) is 0 Å². The van der Waals surface area contributed by atoms with Gasteiger partial charge in [0.05, 0.1) is 17.1 Å². The maximum absolute atomic E-state index is 13.3. The van der Waals surface area contributed by atoms with Crippen molar-refractivity contribution in [2.24, 2.45) is 0 Å². The third kappa shape index (κ3) is 2.58. The second-order valence-electron chi connectivity index (χ2n) is 5.52. The Morgan fingerprint density at radius 2 is 2.24 bits per heavy atom. The van der Waals surface area contributed by atoms with Crippen LogP contribution >= 0.6 is 11.3 Å². The summed E-state index contributed by atoms with van der Waals surface area (Å²) in [6, 6.07) is 7.49. The molecular weight excluding hydrogens is 345 g/mol. The van der Waals surface area contributed by atoms with Crippen molar-refractivity contribution in [3.63, 3.8) is 0 Å². The van der Waals surface area contributed by atoms with Gasteiger partial charge >= 0.3 is 0 Å². The second kappa shape index (κ2) is 5.78. The number of hydrogen-bond donors (Lipinski definition) is 2. The minimum atomic E-state index is -0.558. The Kier molecular flexibility index (Phi) is 3.57. The Balaban J connectivity index is 1.79. The number of nitrogens with one attached hydrogen (secondary N) is 2. The van der Waals surface area contributed by atoms with Crippen molar-refractivity contribution in [2.75, 3.05) is 0 Å². The van der Waals surface area contributed by atoms with E-state index in [0.29, 0.717) is 5.52 Å². The molecule has 9 heteroatoms. The molecule has 1 unspecified atom stereocenters. The first-order chi connectivity index (χ1) is 12.0. The van der Waals surface area contributed by atoms with Gasteiger partial charge in [-0.1, -0.05) is 11.3 Å². The fraction of sp³-hybridized carbons (Fsp3) is 0.125. The number of aromatic nitrogens is 4. The van der Waals surface area contributed by atoms with E-state index >= 15 is 0 Å². The molecule has 0 bridgehead atoms. The number of aromatic amines is 1. The molecule has 1 aromatic carbocycles. The molecule has 3 aromatic heterocycles. The van der Waals surface area contributed by atoms with E-state index in [4.69, 9.17) is 0 Å². The van der Waals surface area contributed by atoms with Gasteiger partial charge in [-0.15, -0.1) is 16.4 Å². The fourth-order valence-corrected chi connectivity index (χ4v) is 3.39. The molecule has 3 heterocycles. The first-order valence-corrected chi connectivity index (χ1v) is 8.34. The third-order valence-electron chi connectivity index (χ3n) is 3.85. The summed E-state index contributed by atoms with van der Waals surface area (Å²) in [7, 11) is 0. The van der Waals surface area contributed by atoms with Crippen molar-refractivity contribution in [2.45, 2.75) is 13.0 Å². The highest BCUT2D eigenvalue weighted by molar-refractivity contribution is 7.10. The highest BCUT2D eigenvalue weighted by atomic mass is 32.1. The van der Waals surface area contributed by atoms with E-state index in [9.17, 15) is 14.0 Å². The lowest BCUT2D eigenvalue weighted by Crippen LogP contribution is -2.27. The average Bonchev–Trinajstić information content (AvgIpc) is 3.24. The number of carbonyl (C=O) groups excluding carboxylic acids is 1. The number of benzene rings is 1. The molecule has 0 radical (unpaired) electrons. The summed E-state index contributed by atoms with van der Waals surface area (Å²) in [5.74, 6) is -0.979. The van der Waals surface area contributed by atoms with E-state index in [0.717, 1.165) is 4.88 Å². The third-order valence-corrected chi connectivity index (χ3v) is 4.91. The zero-order valence-electron chi connectivity index (χ0n) is 13.0. The quantitative estimate of drug-likeness (QED) is 0.588. The molecule has 0 aliphatic heterocycles. The smallest absolute Gasteiger partial charge is 0.277 e. The summed E-state index contributed by atoms with van der Waals surface area (Å²) in [4.78, 5) is 28.4. The first-order valence-electron chi connectivity index (χ1n) is 7.46. The predicted molar refractivity (Wildman–Crippen MR) is 91.3 cm³/mol. The van der Waals surface area contributed by atoms with Crippen LogP contribution in [0.4, 0.5) is 4.39 Å². The zero-order valence-corrected chi connectivity index (χ0v) is 13.8. The van der Waals surface area contributed by atoms with Gasteiger partial charge in [-0.2, -0.15) is 0 Å². The van der Waals surface area contributed by atoms with Gasteiger partial charge in [-0.05, 0) is 36.6 Å². The summed E-state index contributed by atoms with van der Waals surface area (Å²) in [5.41, 5.74) is 0.123. The zero-order chi connectivity index (χ0) is 17.6. The van der Waals surface area contributed by atoms with Crippen LogP contribution in [-0.4, -0.2) is 25.7 Å². The lowest BCUT2D eigenvalue weighted by Gasteiger charge is -2.10. The van der Waals surface area contributed by atoms with Crippen LogP contribution in [0.15, 0.2) is 40.5 Å². The first kappa shape index (κ1) is 15.5. The minimum Gasteiger partial charge on any atom is -0.343 e. The minimum absolute atomic E-state index is 0.0231. The molecule has 1 amide bonds. The van der Waals surface area contributed by atoms with E-state index in [1.165, 1.54) is 34.1 Å². The normalized spacial score (nSPS) is 12.6. The molecule has 1 atom stereocenters. The molecule has 7 nitrogen and oxygen atoms in total. The number of rotatable bonds is 3. The van der Waals surface area contributed by atoms with Crippen molar-refractivity contribution in [1.82, 2.24) is 25.1 Å². The highest BCUT2D eigenvalue weighted by Crippen LogP contribution is 2.19. The van der Waals surface area contributed by atoms with E-state index in [-0.39, 0.29) is 22.8 Å². The molecule has 0 spiro atoms. The van der Waals surface area contributed by atoms with E-state index in [2.05, 4.69) is 20.6 Å². The maximum atomic E-state index is 13.3. The molecule has 0 saturated heterocycles. The topological polar surface area (TPSA) is 92.2 Å². The van der Waals surface area contributed by atoms with E-state index < -0.39 is 17.3 Å². The van der Waals surface area contributed by atoms with Crippen LogP contribution in [0.2, 0.25) is 0 Å². The lowest BCUT2D eigenvalue weighted by molar-refractivity contribution is 0.0937. The number of halogens is 1. The molecular formula is C16H12FN5O2S. The van der Waals surface area contributed by atoms with Crippen molar-refractivity contribution in [3.05, 3.63) is 62.5 Å². The largest absolute Gasteiger partial charge is 0.343 e. The van der Waals surface area contributed by atoms with Crippen molar-refractivity contribution in [3.8, 4) is 0 Å². The Hall–Kier alpha value is -3.07. The highest BCUT2D eigenvalue weighted by Gasteiger charge is 2.21. The van der Waals surface area contributed by atoms with Crippen molar-refractivity contribution in [1.29, 1.82) is 0 Å². The molecule has 0 saturated carbocycles. The monoisotopic (exact) mass is 357 g/mol. The van der Waals surface area contributed by atoms with Gasteiger partial charge < -0.3 is 10.3 Å². The van der Waals surface area contributed by atoms with E-state index in [1.807, 2.05) is 24.4 Å². The molecule has 0 aliphatic rings. The summed E-state index contributed by atoms with van der Waals surface area (Å²) >= 11 is 1.52. The van der Waals surface area contributed by atoms with Gasteiger partial charge in [-0.25, -0.2) is 8.91 Å². The lowest BCUT2D eigenvalue weighted by atomic mass is 10.2. The Morgan fingerprint density at radius 1 is 1.40 bits per heavy atom. The Bertz CT molecular complexity index is 1150. The number of carbonyl (C=O) groups is 1. The van der Waals surface area contributed by atoms with Crippen LogP contribution in [0.1, 0.15) is 28.3 Å². The summed E-state index contributed by atoms with van der Waals surface area (Å²) < 4.78 is 14.6. The maximum Gasteiger partial charge on any atom is 0.277 e. The molecule has 0 fully saturated rings. The SMILES string of the molecule is CC(NC(=O)c1nnn2c1c(=O)[nH]c1cc(F)ccc12)c1cccs1. The molecule has 0 aliphatic carbocycles. The van der Waals surface area contributed by atoms with Gasteiger partial charge in [0.15, 0.2) is 11.2 Å². The number of nitrogens with zero attached hydrogens (tertiary/aromatic N) is 3. The fourth-order valence-electron chi connectivity index (χ4n) is 2.66. The number of amides is 1. The second-order valence-corrected chi connectivity index (χ2v) is 6.50. The number of H-pyrrole nitrogens is 1. The van der Waals surface area contributed by atoms with Crippen LogP contribution < -0.4 is 10.9 Å². The standard InChI is InChI=1S/C16H12FN5O2S/c1-8(12-3-2-6-25-12)18-15(23)13-14-16(24)19-10-7-9(17)4-5-11(10)22(14)21-20-13/h2-8H,1H3,(H,18,23)(H,19,24). The Labute approximate surface area is 144 Å². The molecule has 126 valence electrons.